The molecule has 13 nitrogen and oxygen atoms in total. The van der Waals surface area contributed by atoms with Gasteiger partial charge in [0.2, 0.25) is 11.7 Å². The van der Waals surface area contributed by atoms with E-state index in [2.05, 4.69) is 10.3 Å². The number of hydrogen-bond donors (Lipinski definition) is 2. The van der Waals surface area contributed by atoms with Crippen molar-refractivity contribution in [1.82, 2.24) is 14.6 Å². The SMILES string of the molecule is COc1cc(-c2cc(CN([C@@H](C(=O)NCCO)C(C)C)S(=O)(=O)c3ccccc3[N+](=O)[O-])ccn2)cc(OC)c1OC. The number of methoxy groups -OCH3 is 3. The van der Waals surface area contributed by atoms with Gasteiger partial charge in [-0.2, -0.15) is 4.31 Å². The van der Waals surface area contributed by atoms with Crippen LogP contribution in [0.15, 0.2) is 59.6 Å². The number of pyridine rings is 1. The molecule has 2 aromatic carbocycles. The summed E-state index contributed by atoms with van der Waals surface area (Å²) >= 11 is 0. The number of aliphatic hydroxyl groups is 1. The molecule has 0 saturated carbocycles. The van der Waals surface area contributed by atoms with Gasteiger partial charge in [0.15, 0.2) is 16.4 Å². The average molecular weight is 603 g/mol. The Hall–Kier alpha value is -4.27. The number of nitro benzene ring substituents is 1. The molecule has 0 aliphatic heterocycles. The Labute approximate surface area is 244 Å². The van der Waals surface area contributed by atoms with Crippen molar-refractivity contribution in [3.05, 3.63) is 70.4 Å². The van der Waals surface area contributed by atoms with Crippen LogP contribution in [0.5, 0.6) is 17.2 Å². The fourth-order valence-electron chi connectivity index (χ4n) is 4.47. The Morgan fingerprint density at radius 2 is 1.71 bits per heavy atom. The van der Waals surface area contributed by atoms with E-state index in [0.29, 0.717) is 34.1 Å². The molecule has 3 rings (SSSR count). The van der Waals surface area contributed by atoms with Crippen molar-refractivity contribution < 1.29 is 37.5 Å². The molecule has 0 unspecified atom stereocenters. The van der Waals surface area contributed by atoms with Crippen LogP contribution >= 0.6 is 0 Å². The number of benzene rings is 2. The number of sulfonamides is 1. The third-order valence-electron chi connectivity index (χ3n) is 6.39. The van der Waals surface area contributed by atoms with Gasteiger partial charge in [-0.3, -0.25) is 19.9 Å². The van der Waals surface area contributed by atoms with E-state index in [1.165, 1.54) is 39.7 Å². The van der Waals surface area contributed by atoms with Crippen molar-refractivity contribution in [2.45, 2.75) is 31.3 Å². The van der Waals surface area contributed by atoms with Crippen LogP contribution in [-0.2, 0) is 21.4 Å². The quantitative estimate of drug-likeness (QED) is 0.206. The molecule has 3 aromatic rings. The van der Waals surface area contributed by atoms with Gasteiger partial charge in [-0.25, -0.2) is 8.42 Å². The highest BCUT2D eigenvalue weighted by molar-refractivity contribution is 7.89. The molecule has 1 amide bonds. The Bertz CT molecular complexity index is 1500. The zero-order valence-corrected chi connectivity index (χ0v) is 24.8. The number of para-hydroxylation sites is 1. The number of ether oxygens (including phenoxy) is 3. The summed E-state index contributed by atoms with van der Waals surface area (Å²) in [5, 5.41) is 23.5. The van der Waals surface area contributed by atoms with Gasteiger partial charge in [-0.15, -0.1) is 0 Å². The number of aliphatic hydroxyl groups excluding tert-OH is 1. The molecule has 0 spiro atoms. The summed E-state index contributed by atoms with van der Waals surface area (Å²) in [6.07, 6.45) is 1.49. The lowest BCUT2D eigenvalue weighted by Gasteiger charge is -2.32. The second kappa shape index (κ2) is 14.1. The first-order valence-corrected chi connectivity index (χ1v) is 14.3. The van der Waals surface area contributed by atoms with Crippen molar-refractivity contribution >= 4 is 21.6 Å². The summed E-state index contributed by atoms with van der Waals surface area (Å²) in [6, 6.07) is 10.3. The molecule has 0 saturated heterocycles. The highest BCUT2D eigenvalue weighted by Crippen LogP contribution is 2.41. The van der Waals surface area contributed by atoms with Gasteiger partial charge in [0.1, 0.15) is 6.04 Å². The largest absolute Gasteiger partial charge is 0.493 e. The summed E-state index contributed by atoms with van der Waals surface area (Å²) in [7, 11) is -0.174. The van der Waals surface area contributed by atoms with E-state index in [-0.39, 0.29) is 19.7 Å². The number of carbonyl (C=O) groups excluding carboxylic acids is 1. The summed E-state index contributed by atoms with van der Waals surface area (Å²) in [5.74, 6) is -0.0341. The summed E-state index contributed by atoms with van der Waals surface area (Å²) in [5.41, 5.74) is 0.867. The number of hydrogen-bond acceptors (Lipinski definition) is 10. The molecule has 0 aliphatic rings. The predicted octanol–water partition coefficient (Wildman–Crippen LogP) is 3.01. The molecule has 1 aromatic heterocycles. The molecule has 0 aliphatic carbocycles. The molecular weight excluding hydrogens is 568 g/mol. The molecule has 226 valence electrons. The van der Waals surface area contributed by atoms with Crippen LogP contribution in [0.2, 0.25) is 0 Å². The van der Waals surface area contributed by atoms with Crippen LogP contribution in [0.1, 0.15) is 19.4 Å². The Morgan fingerprint density at radius 1 is 1.07 bits per heavy atom. The summed E-state index contributed by atoms with van der Waals surface area (Å²) in [4.78, 5) is 28.1. The van der Waals surface area contributed by atoms with Crippen molar-refractivity contribution in [1.29, 1.82) is 0 Å². The number of aromatic nitrogens is 1. The normalized spacial score (nSPS) is 12.2. The summed E-state index contributed by atoms with van der Waals surface area (Å²) < 4.78 is 45.4. The van der Waals surface area contributed by atoms with E-state index >= 15 is 0 Å². The zero-order chi connectivity index (χ0) is 31.0. The molecule has 0 fully saturated rings. The Kier molecular flexibility index (Phi) is 10.8. The van der Waals surface area contributed by atoms with Crippen LogP contribution in [0.4, 0.5) is 5.69 Å². The van der Waals surface area contributed by atoms with Crippen LogP contribution in [0.25, 0.3) is 11.3 Å². The first kappa shape index (κ1) is 32.2. The minimum Gasteiger partial charge on any atom is -0.493 e. The molecule has 14 heteroatoms. The first-order chi connectivity index (χ1) is 20.0. The van der Waals surface area contributed by atoms with Crippen LogP contribution in [-0.4, -0.2) is 74.2 Å². The minimum absolute atomic E-state index is 0.0953. The van der Waals surface area contributed by atoms with E-state index in [0.717, 1.165) is 16.4 Å². The number of carbonyl (C=O) groups is 1. The monoisotopic (exact) mass is 602 g/mol. The van der Waals surface area contributed by atoms with Crippen molar-refractivity contribution in [3.8, 4) is 28.5 Å². The molecule has 0 bridgehead atoms. The van der Waals surface area contributed by atoms with Gasteiger partial charge in [-0.1, -0.05) is 26.0 Å². The van der Waals surface area contributed by atoms with Gasteiger partial charge in [-0.05, 0) is 41.8 Å². The predicted molar refractivity (Wildman–Crippen MR) is 154 cm³/mol. The van der Waals surface area contributed by atoms with E-state index in [1.54, 1.807) is 38.1 Å². The topological polar surface area (TPSA) is 170 Å². The molecule has 1 atom stereocenters. The third-order valence-corrected chi connectivity index (χ3v) is 8.27. The van der Waals surface area contributed by atoms with E-state index < -0.39 is 43.4 Å². The second-order valence-corrected chi connectivity index (χ2v) is 11.3. The van der Waals surface area contributed by atoms with Crippen molar-refractivity contribution in [2.75, 3.05) is 34.5 Å². The second-order valence-electron chi connectivity index (χ2n) is 9.44. The van der Waals surface area contributed by atoms with E-state index in [9.17, 15) is 28.4 Å². The zero-order valence-electron chi connectivity index (χ0n) is 23.9. The highest BCUT2D eigenvalue weighted by Gasteiger charge is 2.40. The number of nitrogens with one attached hydrogen (secondary N) is 1. The van der Waals surface area contributed by atoms with Crippen LogP contribution in [0, 0.1) is 16.0 Å². The van der Waals surface area contributed by atoms with Crippen LogP contribution in [0.3, 0.4) is 0 Å². The average Bonchev–Trinajstić information content (AvgIpc) is 2.98. The van der Waals surface area contributed by atoms with Gasteiger partial charge >= 0.3 is 0 Å². The van der Waals surface area contributed by atoms with Gasteiger partial charge in [0.25, 0.3) is 15.7 Å². The molecule has 1 heterocycles. The lowest BCUT2D eigenvalue weighted by molar-refractivity contribution is -0.387. The van der Waals surface area contributed by atoms with E-state index in [4.69, 9.17) is 14.2 Å². The van der Waals surface area contributed by atoms with Gasteiger partial charge in [0.05, 0.1) is 38.6 Å². The Balaban J connectivity index is 2.17. The number of nitro groups is 1. The number of amides is 1. The maximum absolute atomic E-state index is 14.1. The van der Waals surface area contributed by atoms with Crippen molar-refractivity contribution in [3.63, 3.8) is 0 Å². The number of nitrogens with zero attached hydrogens (tertiary/aromatic N) is 3. The van der Waals surface area contributed by atoms with Crippen molar-refractivity contribution in [2.24, 2.45) is 5.92 Å². The van der Waals surface area contributed by atoms with E-state index in [1.807, 2.05) is 0 Å². The molecule has 0 radical (unpaired) electrons. The molecule has 42 heavy (non-hydrogen) atoms. The minimum atomic E-state index is -4.61. The standard InChI is InChI=1S/C28H34N4O9S/c1-18(2)26(28(34)30-12-13-33)31(42(37,38)25-9-7-6-8-22(25)32(35)36)17-19-10-11-29-21(14-19)20-15-23(39-3)27(41-5)24(16-20)40-4/h6-11,14-16,18,26,33H,12-13,17H2,1-5H3,(H,30,34)/t26-/m1/s1. The lowest BCUT2D eigenvalue weighted by Crippen LogP contribution is -2.52. The van der Waals surface area contributed by atoms with Gasteiger partial charge in [0, 0.05) is 30.9 Å². The maximum atomic E-state index is 14.1. The highest BCUT2D eigenvalue weighted by atomic mass is 32.2. The van der Waals surface area contributed by atoms with Gasteiger partial charge < -0.3 is 24.6 Å². The smallest absolute Gasteiger partial charge is 0.289 e. The molecule has 2 N–H and O–H groups in total. The Morgan fingerprint density at radius 3 is 2.26 bits per heavy atom. The lowest BCUT2D eigenvalue weighted by atomic mass is 10.0. The first-order valence-electron chi connectivity index (χ1n) is 12.9. The fourth-order valence-corrected chi connectivity index (χ4v) is 6.34. The third kappa shape index (κ3) is 6.95. The maximum Gasteiger partial charge on any atom is 0.289 e. The number of rotatable bonds is 14. The fraction of sp³-hybridized carbons (Fsp3) is 0.357. The van der Waals surface area contributed by atoms with Crippen LogP contribution < -0.4 is 19.5 Å². The summed E-state index contributed by atoms with van der Waals surface area (Å²) in [6.45, 7) is 2.57. The molecular formula is C28H34N4O9S.